The number of amides is 1. The first-order chi connectivity index (χ1) is 12.9. The number of hydrogen-bond donors (Lipinski definition) is 2. The summed E-state index contributed by atoms with van der Waals surface area (Å²) in [7, 11) is 1.62. The molecule has 27 heavy (non-hydrogen) atoms. The first kappa shape index (κ1) is 19.9. The Balaban J connectivity index is 1.77. The summed E-state index contributed by atoms with van der Waals surface area (Å²) in [6.45, 7) is 11.4. The summed E-state index contributed by atoms with van der Waals surface area (Å²) >= 11 is 1.66. The number of methoxy groups -OCH3 is 1. The summed E-state index contributed by atoms with van der Waals surface area (Å²) in [5.41, 5.74) is 3.16. The molecule has 1 amide bonds. The molecule has 0 aliphatic carbocycles. The number of carbonyl (C=O) groups is 1. The summed E-state index contributed by atoms with van der Waals surface area (Å²) in [6, 6.07) is 7.19. The fourth-order valence-electron chi connectivity index (χ4n) is 3.69. The van der Waals surface area contributed by atoms with Crippen molar-refractivity contribution in [2.45, 2.75) is 46.4 Å². The van der Waals surface area contributed by atoms with E-state index in [9.17, 15) is 4.79 Å². The van der Waals surface area contributed by atoms with E-state index < -0.39 is 0 Å². The van der Waals surface area contributed by atoms with Crippen LogP contribution in [0.15, 0.2) is 24.3 Å². The minimum Gasteiger partial charge on any atom is -0.497 e. The summed E-state index contributed by atoms with van der Waals surface area (Å²) in [5.74, 6) is 0.660. The van der Waals surface area contributed by atoms with Gasteiger partial charge in [0.2, 0.25) is 0 Å². The number of anilines is 1. The van der Waals surface area contributed by atoms with Crippen LogP contribution < -0.4 is 15.0 Å². The molecule has 1 aliphatic heterocycles. The maximum atomic E-state index is 12.7. The van der Waals surface area contributed by atoms with Gasteiger partial charge in [-0.3, -0.25) is 4.79 Å². The highest BCUT2D eigenvalue weighted by molar-refractivity contribution is 7.16. The molecule has 0 radical (unpaired) electrons. The normalized spacial score (nSPS) is 22.5. The molecule has 2 heterocycles. The van der Waals surface area contributed by atoms with Crippen molar-refractivity contribution >= 4 is 22.2 Å². The summed E-state index contributed by atoms with van der Waals surface area (Å²) in [4.78, 5) is 15.5. The van der Waals surface area contributed by atoms with Crippen molar-refractivity contribution in [3.63, 3.8) is 0 Å². The summed E-state index contributed by atoms with van der Waals surface area (Å²) in [5, 5.41) is 4.10. The number of nitrogens with one attached hydrogen (secondary N) is 2. The average molecular weight is 390 g/mol. The van der Waals surface area contributed by atoms with Crippen LogP contribution in [-0.2, 0) is 11.3 Å². The van der Waals surface area contributed by atoms with Crippen molar-refractivity contribution in [2.75, 3.05) is 25.5 Å². The lowest BCUT2D eigenvalue weighted by molar-refractivity contribution is -0.928. The van der Waals surface area contributed by atoms with Crippen LogP contribution in [0.1, 0.15) is 40.2 Å². The predicted octanol–water partition coefficient (Wildman–Crippen LogP) is 2.82. The Morgan fingerprint density at radius 1 is 1.22 bits per heavy atom. The van der Waals surface area contributed by atoms with Gasteiger partial charge in [0.15, 0.2) is 0 Å². The molecule has 1 saturated heterocycles. The van der Waals surface area contributed by atoms with E-state index >= 15 is 0 Å². The number of benzene rings is 1. The number of aryl methyl sites for hydroxylation is 1. The lowest BCUT2D eigenvalue weighted by atomic mass is 10.1. The second kappa shape index (κ2) is 8.42. The highest BCUT2D eigenvalue weighted by Gasteiger charge is 2.28. The number of hydrogen-bond acceptors (Lipinski definition) is 4. The molecule has 6 heteroatoms. The predicted molar refractivity (Wildman–Crippen MR) is 109 cm³/mol. The fraction of sp³-hybridized carbons (Fsp3) is 0.476. The molecular weight excluding hydrogens is 360 g/mol. The van der Waals surface area contributed by atoms with E-state index in [1.165, 1.54) is 20.9 Å². The molecule has 0 unspecified atom stereocenters. The van der Waals surface area contributed by atoms with Gasteiger partial charge >= 0.3 is 0 Å². The minimum absolute atomic E-state index is 0.0844. The van der Waals surface area contributed by atoms with E-state index in [1.54, 1.807) is 42.7 Å². The van der Waals surface area contributed by atoms with Crippen molar-refractivity contribution in [3.05, 3.63) is 45.8 Å². The second-order valence-electron chi connectivity index (χ2n) is 7.37. The van der Waals surface area contributed by atoms with Crippen LogP contribution in [-0.4, -0.2) is 38.3 Å². The molecule has 0 bridgehead atoms. The Bertz CT molecular complexity index is 791. The van der Waals surface area contributed by atoms with Gasteiger partial charge in [-0.05, 0) is 57.5 Å². The zero-order chi connectivity index (χ0) is 19.6. The van der Waals surface area contributed by atoms with Gasteiger partial charge < -0.3 is 19.7 Å². The lowest BCUT2D eigenvalue weighted by Crippen LogP contribution is -3.14. The number of morpholine rings is 1. The van der Waals surface area contributed by atoms with Crippen LogP contribution >= 0.6 is 11.3 Å². The third kappa shape index (κ3) is 4.69. The minimum atomic E-state index is -0.0844. The molecule has 3 rings (SSSR count). The van der Waals surface area contributed by atoms with Gasteiger partial charge in [0, 0.05) is 16.0 Å². The Kier molecular flexibility index (Phi) is 6.19. The number of ether oxygens (including phenoxy) is 2. The van der Waals surface area contributed by atoms with Crippen LogP contribution in [0.3, 0.4) is 0 Å². The van der Waals surface area contributed by atoms with Gasteiger partial charge in [0.05, 0.1) is 7.11 Å². The Hall–Kier alpha value is -1.89. The standard InChI is InChI=1S/C21H28N2O3S/c1-13-10-23(11-14(2)26-13)12-19-15(3)16(4)27-21(19)22-20(24)17-6-8-18(25-5)9-7-17/h6-9,13-14H,10-12H2,1-5H3,(H,22,24)/p+1/t13-,14-/m1/s1. The second-order valence-corrected chi connectivity index (χ2v) is 8.59. The molecule has 146 valence electrons. The maximum absolute atomic E-state index is 12.7. The van der Waals surface area contributed by atoms with Gasteiger partial charge in [0.1, 0.15) is 42.6 Å². The third-order valence-electron chi connectivity index (χ3n) is 5.13. The van der Waals surface area contributed by atoms with E-state index in [2.05, 4.69) is 33.0 Å². The summed E-state index contributed by atoms with van der Waals surface area (Å²) < 4.78 is 11.0. The van der Waals surface area contributed by atoms with Gasteiger partial charge in [-0.15, -0.1) is 11.3 Å². The molecule has 0 spiro atoms. The third-order valence-corrected chi connectivity index (χ3v) is 6.30. The topological polar surface area (TPSA) is 52.0 Å². The molecule has 1 aromatic carbocycles. The first-order valence-electron chi connectivity index (χ1n) is 9.40. The van der Waals surface area contributed by atoms with Crippen molar-refractivity contribution in [2.24, 2.45) is 0 Å². The van der Waals surface area contributed by atoms with Gasteiger partial charge in [-0.25, -0.2) is 0 Å². The highest BCUT2D eigenvalue weighted by Crippen LogP contribution is 2.32. The molecule has 2 aromatic rings. The molecule has 1 aromatic heterocycles. The number of thiophene rings is 1. The fourth-order valence-corrected chi connectivity index (χ4v) is 4.76. The first-order valence-corrected chi connectivity index (χ1v) is 10.2. The van der Waals surface area contributed by atoms with Crippen LogP contribution in [0, 0.1) is 13.8 Å². The Labute approximate surface area is 165 Å². The SMILES string of the molecule is COc1ccc(C(=O)Nc2sc(C)c(C)c2C[NH+]2C[C@@H](C)O[C@H](C)C2)cc1. The van der Waals surface area contributed by atoms with Gasteiger partial charge in [0.25, 0.3) is 5.91 Å². The van der Waals surface area contributed by atoms with Crippen LogP contribution in [0.4, 0.5) is 5.00 Å². The largest absolute Gasteiger partial charge is 0.497 e. The van der Waals surface area contributed by atoms with Crippen LogP contribution in [0.25, 0.3) is 0 Å². The van der Waals surface area contributed by atoms with Crippen molar-refractivity contribution in [1.82, 2.24) is 0 Å². The van der Waals surface area contributed by atoms with E-state index in [-0.39, 0.29) is 18.1 Å². The molecular formula is C21H29N2O3S+. The quantitative estimate of drug-likeness (QED) is 0.827. The monoisotopic (exact) mass is 389 g/mol. The number of quaternary nitrogens is 1. The highest BCUT2D eigenvalue weighted by atomic mass is 32.1. The Morgan fingerprint density at radius 2 is 1.85 bits per heavy atom. The van der Waals surface area contributed by atoms with Gasteiger partial charge in [-0.2, -0.15) is 0 Å². The zero-order valence-electron chi connectivity index (χ0n) is 16.7. The van der Waals surface area contributed by atoms with E-state index in [1.807, 2.05) is 0 Å². The molecule has 2 atom stereocenters. The molecule has 0 saturated carbocycles. The van der Waals surface area contributed by atoms with E-state index in [4.69, 9.17) is 9.47 Å². The van der Waals surface area contributed by atoms with Crippen molar-refractivity contribution in [1.29, 1.82) is 0 Å². The lowest BCUT2D eigenvalue weighted by Gasteiger charge is -2.32. The van der Waals surface area contributed by atoms with Crippen molar-refractivity contribution < 1.29 is 19.2 Å². The van der Waals surface area contributed by atoms with Crippen LogP contribution in [0.5, 0.6) is 5.75 Å². The summed E-state index contributed by atoms with van der Waals surface area (Å²) in [6.07, 6.45) is 0.530. The van der Waals surface area contributed by atoms with Crippen molar-refractivity contribution in [3.8, 4) is 5.75 Å². The smallest absolute Gasteiger partial charge is 0.256 e. The molecule has 2 N–H and O–H groups in total. The number of carbonyl (C=O) groups excluding carboxylic acids is 1. The molecule has 1 aliphatic rings. The zero-order valence-corrected chi connectivity index (χ0v) is 17.5. The molecule has 5 nitrogen and oxygen atoms in total. The van der Waals surface area contributed by atoms with E-state index in [0.717, 1.165) is 30.4 Å². The average Bonchev–Trinajstić information content (AvgIpc) is 2.88. The van der Waals surface area contributed by atoms with E-state index in [0.29, 0.717) is 5.56 Å². The Morgan fingerprint density at radius 3 is 2.44 bits per heavy atom. The van der Waals surface area contributed by atoms with Crippen LogP contribution in [0.2, 0.25) is 0 Å². The van der Waals surface area contributed by atoms with Gasteiger partial charge in [-0.1, -0.05) is 0 Å². The number of rotatable bonds is 5. The maximum Gasteiger partial charge on any atom is 0.256 e. The molecule has 1 fully saturated rings.